The normalized spacial score (nSPS) is 17.9. The van der Waals surface area contributed by atoms with E-state index < -0.39 is 49.5 Å². The molecule has 1 aliphatic heterocycles. The fourth-order valence-electron chi connectivity index (χ4n) is 13.1. The van der Waals surface area contributed by atoms with Gasteiger partial charge in [0.1, 0.15) is 24.4 Å². The Kier molecular flexibility index (Phi) is 67.9. The van der Waals surface area contributed by atoms with E-state index in [0.29, 0.717) is 6.42 Å². The molecule has 0 aromatic heterocycles. The summed E-state index contributed by atoms with van der Waals surface area (Å²) < 4.78 is 11.3. The molecule has 536 valence electrons. The summed E-state index contributed by atoms with van der Waals surface area (Å²) in [6.45, 7) is 3.81. The quantitative estimate of drug-likeness (QED) is 0.0261. The Morgan fingerprint density at radius 1 is 0.374 bits per heavy atom. The Morgan fingerprint density at radius 3 is 0.989 bits per heavy atom. The van der Waals surface area contributed by atoms with Crippen LogP contribution in [0.2, 0.25) is 0 Å². The van der Waals surface area contributed by atoms with Crippen LogP contribution in [0.1, 0.15) is 412 Å². The molecular formula is C82H155NO8. The second-order valence-corrected chi connectivity index (χ2v) is 28.2. The average Bonchev–Trinajstić information content (AvgIpc) is 1.58. The molecule has 0 aliphatic carbocycles. The molecule has 0 aromatic rings. The summed E-state index contributed by atoms with van der Waals surface area (Å²) in [5.74, 6) is -0.178. The number of aliphatic hydroxyl groups is 5. The number of aliphatic hydroxyl groups excluding tert-OH is 5. The number of ether oxygens (including phenoxy) is 2. The highest BCUT2D eigenvalue weighted by atomic mass is 16.7. The molecule has 6 N–H and O–H groups in total. The van der Waals surface area contributed by atoms with E-state index >= 15 is 0 Å². The molecule has 91 heavy (non-hydrogen) atoms. The van der Waals surface area contributed by atoms with Gasteiger partial charge in [0.15, 0.2) is 6.29 Å². The van der Waals surface area contributed by atoms with E-state index in [-0.39, 0.29) is 12.5 Å². The van der Waals surface area contributed by atoms with Gasteiger partial charge in [0.25, 0.3) is 0 Å². The van der Waals surface area contributed by atoms with Crippen LogP contribution in [0.4, 0.5) is 0 Å². The minimum atomic E-state index is -1.57. The highest BCUT2D eigenvalue weighted by Crippen LogP contribution is 2.24. The highest BCUT2D eigenvalue weighted by Gasteiger charge is 2.44. The van der Waals surface area contributed by atoms with E-state index in [0.717, 1.165) is 44.9 Å². The number of amides is 1. The van der Waals surface area contributed by atoms with Crippen molar-refractivity contribution in [1.82, 2.24) is 5.32 Å². The standard InChI is InChI=1S/C82H155NO8/c1-3-5-7-9-11-13-15-17-19-21-23-25-27-29-31-32-33-34-35-36-37-38-39-40-41-42-43-44-46-48-50-52-54-56-58-60-62-64-66-68-70-72-78(86)83-75(74-90-82-81(89)80(88)79(87)77(73-84)91-82)76(85)71-69-67-65-63-61-59-57-55-53-51-49-47-45-30-28-26-24-22-20-18-16-14-12-10-8-6-4-2/h15,17,21,23,61,63,69,71,75-77,79-82,84-85,87-89H,3-14,16,18-20,22,24-60,62,64-68,70,72-74H2,1-2H3,(H,83,86)/b17-15-,23-21-,63-61+,71-69+. The minimum absolute atomic E-state index is 0.178. The first kappa shape index (κ1) is 87.2. The molecule has 0 spiro atoms. The minimum Gasteiger partial charge on any atom is -0.394 e. The molecule has 7 atom stereocenters. The third-order valence-corrected chi connectivity index (χ3v) is 19.4. The number of carbonyl (C=O) groups excluding carboxylic acids is 1. The molecule has 0 aromatic carbocycles. The number of carbonyl (C=O) groups is 1. The van der Waals surface area contributed by atoms with Gasteiger partial charge in [0.05, 0.1) is 25.4 Å². The van der Waals surface area contributed by atoms with Crippen molar-refractivity contribution < 1.29 is 39.8 Å². The zero-order valence-corrected chi connectivity index (χ0v) is 60.4. The van der Waals surface area contributed by atoms with Crippen molar-refractivity contribution in [2.24, 2.45) is 0 Å². The largest absolute Gasteiger partial charge is 0.394 e. The number of hydrogen-bond donors (Lipinski definition) is 6. The topological polar surface area (TPSA) is 149 Å². The summed E-state index contributed by atoms with van der Waals surface area (Å²) >= 11 is 0. The first-order valence-corrected chi connectivity index (χ1v) is 40.4. The molecule has 9 heteroatoms. The van der Waals surface area contributed by atoms with E-state index in [9.17, 15) is 30.3 Å². The van der Waals surface area contributed by atoms with Gasteiger partial charge in [0, 0.05) is 6.42 Å². The maximum atomic E-state index is 13.2. The third kappa shape index (κ3) is 59.2. The summed E-state index contributed by atoms with van der Waals surface area (Å²) in [7, 11) is 0. The number of nitrogens with one attached hydrogen (secondary N) is 1. The van der Waals surface area contributed by atoms with Gasteiger partial charge < -0.3 is 40.3 Å². The van der Waals surface area contributed by atoms with Crippen LogP contribution in [0.15, 0.2) is 48.6 Å². The first-order chi connectivity index (χ1) is 44.8. The monoisotopic (exact) mass is 1280 g/mol. The molecule has 1 amide bonds. The maximum absolute atomic E-state index is 13.2. The van der Waals surface area contributed by atoms with Gasteiger partial charge in [0.2, 0.25) is 5.91 Å². The summed E-state index contributed by atoms with van der Waals surface area (Å²) in [6, 6.07) is -0.823. The molecule has 1 fully saturated rings. The number of hydrogen-bond acceptors (Lipinski definition) is 8. The van der Waals surface area contributed by atoms with Crippen LogP contribution < -0.4 is 5.32 Å². The molecule has 0 saturated carbocycles. The molecule has 1 saturated heterocycles. The highest BCUT2D eigenvalue weighted by molar-refractivity contribution is 5.76. The number of rotatable bonds is 72. The predicted molar refractivity (Wildman–Crippen MR) is 392 cm³/mol. The smallest absolute Gasteiger partial charge is 0.220 e. The van der Waals surface area contributed by atoms with Crippen molar-refractivity contribution >= 4 is 5.91 Å². The fourth-order valence-corrected chi connectivity index (χ4v) is 13.1. The van der Waals surface area contributed by atoms with Crippen LogP contribution in [-0.4, -0.2) is 87.5 Å². The first-order valence-electron chi connectivity index (χ1n) is 40.4. The van der Waals surface area contributed by atoms with Crippen molar-refractivity contribution in [3.05, 3.63) is 48.6 Å². The van der Waals surface area contributed by atoms with Crippen LogP contribution in [-0.2, 0) is 14.3 Å². The molecule has 1 rings (SSSR count). The summed E-state index contributed by atoms with van der Waals surface area (Å²) in [4.78, 5) is 13.2. The lowest BCUT2D eigenvalue weighted by Crippen LogP contribution is -2.60. The SMILES string of the molecule is CCCCCCC/C=C\C/C=C\CCCCCCCCCCCCCCCCCCCCCCCCCCCCCCCC(=O)NC(COC1OC(CO)C(O)C(O)C1O)C(O)/C=C/CC/C=C/CCCCCCCCCCCCCCCCCCCCCCC. The Labute approximate surface area is 564 Å². The zero-order valence-electron chi connectivity index (χ0n) is 60.4. The zero-order chi connectivity index (χ0) is 65.7. The van der Waals surface area contributed by atoms with E-state index in [1.165, 1.54) is 347 Å². The van der Waals surface area contributed by atoms with Crippen molar-refractivity contribution in [1.29, 1.82) is 0 Å². The summed E-state index contributed by atoms with van der Waals surface area (Å²) in [5.41, 5.74) is 0. The van der Waals surface area contributed by atoms with Crippen molar-refractivity contribution in [3.63, 3.8) is 0 Å². The van der Waals surface area contributed by atoms with E-state index in [1.54, 1.807) is 6.08 Å². The lowest BCUT2D eigenvalue weighted by molar-refractivity contribution is -0.302. The fraction of sp³-hybridized carbons (Fsp3) is 0.890. The van der Waals surface area contributed by atoms with Gasteiger partial charge in [-0.1, -0.05) is 390 Å². The summed E-state index contributed by atoms with van der Waals surface area (Å²) in [5, 5.41) is 54.9. The van der Waals surface area contributed by atoms with Crippen LogP contribution >= 0.6 is 0 Å². The van der Waals surface area contributed by atoms with Crippen LogP contribution in [0.3, 0.4) is 0 Å². The molecule has 9 nitrogen and oxygen atoms in total. The molecule has 7 unspecified atom stereocenters. The third-order valence-electron chi connectivity index (χ3n) is 19.4. The van der Waals surface area contributed by atoms with Crippen molar-refractivity contribution in [3.8, 4) is 0 Å². The lowest BCUT2D eigenvalue weighted by Gasteiger charge is -2.40. The van der Waals surface area contributed by atoms with Gasteiger partial charge >= 0.3 is 0 Å². The van der Waals surface area contributed by atoms with Gasteiger partial charge in [-0.15, -0.1) is 0 Å². The average molecular weight is 1280 g/mol. The van der Waals surface area contributed by atoms with E-state index in [1.807, 2.05) is 6.08 Å². The van der Waals surface area contributed by atoms with E-state index in [4.69, 9.17) is 9.47 Å². The second kappa shape index (κ2) is 70.9. The number of unbranched alkanes of at least 4 members (excludes halogenated alkanes) is 56. The molecular weight excluding hydrogens is 1130 g/mol. The summed E-state index contributed by atoms with van der Waals surface area (Å²) in [6.07, 6.45) is 91.3. The Bertz CT molecular complexity index is 1580. The Morgan fingerprint density at radius 2 is 0.659 bits per heavy atom. The molecule has 1 heterocycles. The van der Waals surface area contributed by atoms with Crippen LogP contribution in [0, 0.1) is 0 Å². The van der Waals surface area contributed by atoms with Crippen molar-refractivity contribution in [2.45, 2.75) is 455 Å². The van der Waals surface area contributed by atoms with Gasteiger partial charge in [-0.3, -0.25) is 4.79 Å². The maximum Gasteiger partial charge on any atom is 0.220 e. The molecule has 1 aliphatic rings. The predicted octanol–water partition coefficient (Wildman–Crippen LogP) is 23.1. The van der Waals surface area contributed by atoms with Gasteiger partial charge in [-0.25, -0.2) is 0 Å². The molecule has 0 radical (unpaired) electrons. The van der Waals surface area contributed by atoms with Gasteiger partial charge in [-0.2, -0.15) is 0 Å². The van der Waals surface area contributed by atoms with Gasteiger partial charge in [-0.05, 0) is 64.2 Å². The lowest BCUT2D eigenvalue weighted by atomic mass is 9.99. The van der Waals surface area contributed by atoms with E-state index in [2.05, 4.69) is 55.6 Å². The number of allylic oxidation sites excluding steroid dienone is 7. The second-order valence-electron chi connectivity index (χ2n) is 28.2. The van der Waals surface area contributed by atoms with Crippen LogP contribution in [0.5, 0.6) is 0 Å². The molecule has 0 bridgehead atoms. The Balaban J connectivity index is 2.05. The Hall–Kier alpha value is -1.85. The van der Waals surface area contributed by atoms with Crippen LogP contribution in [0.25, 0.3) is 0 Å². The van der Waals surface area contributed by atoms with Crippen molar-refractivity contribution in [2.75, 3.05) is 13.2 Å².